The van der Waals surface area contributed by atoms with Crippen molar-refractivity contribution in [2.24, 2.45) is 0 Å². The van der Waals surface area contributed by atoms with E-state index in [0.29, 0.717) is 5.25 Å². The molecule has 0 amide bonds. The van der Waals surface area contributed by atoms with Gasteiger partial charge in [-0.2, -0.15) is 0 Å². The highest BCUT2D eigenvalue weighted by Crippen LogP contribution is 2.26. The van der Waals surface area contributed by atoms with E-state index in [2.05, 4.69) is 4.98 Å². The molecule has 2 rings (SSSR count). The van der Waals surface area contributed by atoms with E-state index in [0.717, 1.165) is 23.8 Å². The van der Waals surface area contributed by atoms with Crippen LogP contribution in [0.4, 0.5) is 0 Å². The number of aromatic nitrogens is 1. The molecule has 0 radical (unpaired) electrons. The highest BCUT2D eigenvalue weighted by atomic mass is 32.2. The largest absolute Gasteiger partial charge is 0.389 e. The van der Waals surface area contributed by atoms with Gasteiger partial charge in [-0.1, -0.05) is 17.8 Å². The topological polar surface area (TPSA) is 42.4 Å². The van der Waals surface area contributed by atoms with E-state index in [4.69, 9.17) is 4.74 Å². The molecule has 0 aliphatic carbocycles. The Kier molecular flexibility index (Phi) is 3.05. The molecule has 76 valence electrons. The van der Waals surface area contributed by atoms with Gasteiger partial charge in [-0.3, -0.25) is 0 Å². The average Bonchev–Trinajstić information content (AvgIpc) is 2.12. The summed E-state index contributed by atoms with van der Waals surface area (Å²) in [5, 5.41) is 10.8. The smallest absolute Gasteiger partial charge is 0.0964 e. The Bertz CT molecular complexity index is 295. The van der Waals surface area contributed by atoms with E-state index < -0.39 is 6.10 Å². The quantitative estimate of drug-likeness (QED) is 0.825. The molecular formula is C10H13NO2S. The second-order valence-corrected chi connectivity index (χ2v) is 4.70. The van der Waals surface area contributed by atoms with Crippen LogP contribution in [0.5, 0.6) is 0 Å². The van der Waals surface area contributed by atoms with Crippen molar-refractivity contribution in [3.63, 3.8) is 0 Å². The van der Waals surface area contributed by atoms with Crippen LogP contribution in [0.2, 0.25) is 0 Å². The van der Waals surface area contributed by atoms with Gasteiger partial charge in [0.2, 0.25) is 0 Å². The molecule has 1 aromatic heterocycles. The number of hydrogen-bond donors (Lipinski definition) is 1. The summed E-state index contributed by atoms with van der Waals surface area (Å²) in [4.78, 5) is 4.27. The average molecular weight is 211 g/mol. The molecule has 0 saturated carbocycles. The number of ether oxygens (including phenoxy) is 1. The van der Waals surface area contributed by atoms with E-state index in [1.807, 2.05) is 12.1 Å². The first-order valence-electron chi connectivity index (χ1n) is 4.64. The van der Waals surface area contributed by atoms with Crippen LogP contribution >= 0.6 is 11.8 Å². The molecule has 1 N–H and O–H groups in total. The first-order chi connectivity index (χ1) is 6.75. The van der Waals surface area contributed by atoms with Gasteiger partial charge in [0.15, 0.2) is 0 Å². The van der Waals surface area contributed by atoms with Crippen LogP contribution in [0.3, 0.4) is 0 Å². The molecular weight excluding hydrogens is 198 g/mol. The highest BCUT2D eigenvalue weighted by Gasteiger charge is 2.19. The van der Waals surface area contributed by atoms with E-state index in [9.17, 15) is 5.11 Å². The van der Waals surface area contributed by atoms with Crippen molar-refractivity contribution >= 4 is 11.8 Å². The van der Waals surface area contributed by atoms with Crippen LogP contribution in [-0.4, -0.2) is 28.6 Å². The maximum Gasteiger partial charge on any atom is 0.0964 e. The zero-order chi connectivity index (χ0) is 9.97. The number of pyridine rings is 1. The molecule has 1 aromatic rings. The molecule has 14 heavy (non-hydrogen) atoms. The Labute approximate surface area is 87.5 Å². The van der Waals surface area contributed by atoms with Crippen molar-refractivity contribution in [2.75, 3.05) is 13.2 Å². The normalized spacial score (nSPS) is 19.0. The fourth-order valence-electron chi connectivity index (χ4n) is 1.16. The van der Waals surface area contributed by atoms with E-state index in [-0.39, 0.29) is 0 Å². The zero-order valence-corrected chi connectivity index (χ0v) is 8.83. The lowest BCUT2D eigenvalue weighted by atomic mass is 10.2. The zero-order valence-electron chi connectivity index (χ0n) is 8.01. The monoisotopic (exact) mass is 211 g/mol. The Balaban J connectivity index is 1.98. The number of hydrogen-bond acceptors (Lipinski definition) is 4. The number of rotatable bonds is 3. The van der Waals surface area contributed by atoms with Crippen LogP contribution in [0.25, 0.3) is 0 Å². The van der Waals surface area contributed by atoms with Crippen molar-refractivity contribution in [3.05, 3.63) is 23.9 Å². The van der Waals surface area contributed by atoms with Crippen LogP contribution in [-0.2, 0) is 4.74 Å². The van der Waals surface area contributed by atoms with Crippen molar-refractivity contribution in [3.8, 4) is 0 Å². The van der Waals surface area contributed by atoms with Gasteiger partial charge in [-0.15, -0.1) is 0 Å². The van der Waals surface area contributed by atoms with E-state index >= 15 is 0 Å². The molecule has 0 aromatic carbocycles. The highest BCUT2D eigenvalue weighted by molar-refractivity contribution is 8.00. The van der Waals surface area contributed by atoms with Gasteiger partial charge >= 0.3 is 0 Å². The van der Waals surface area contributed by atoms with E-state index in [1.54, 1.807) is 24.9 Å². The summed E-state index contributed by atoms with van der Waals surface area (Å²) >= 11 is 1.73. The van der Waals surface area contributed by atoms with Crippen molar-refractivity contribution in [1.29, 1.82) is 0 Å². The number of aliphatic hydroxyl groups excluding tert-OH is 1. The summed E-state index contributed by atoms with van der Waals surface area (Å²) in [6.45, 7) is 3.39. The maximum atomic E-state index is 9.29. The standard InChI is InChI=1S/C10H13NO2S/c1-7(12)8-2-3-10(11-4-8)14-9-5-13-6-9/h2-4,7,9,12H,5-6H2,1H3/t7-/m0/s1. The molecule has 1 aliphatic rings. The molecule has 2 heterocycles. The third kappa shape index (κ3) is 2.26. The summed E-state index contributed by atoms with van der Waals surface area (Å²) in [5.74, 6) is 0. The molecule has 1 saturated heterocycles. The number of thioether (sulfide) groups is 1. The summed E-state index contributed by atoms with van der Waals surface area (Å²) in [7, 11) is 0. The molecule has 0 bridgehead atoms. The predicted octanol–water partition coefficient (Wildman–Crippen LogP) is 1.63. The van der Waals surface area contributed by atoms with Crippen molar-refractivity contribution in [1.82, 2.24) is 4.98 Å². The molecule has 4 heteroatoms. The van der Waals surface area contributed by atoms with Crippen molar-refractivity contribution < 1.29 is 9.84 Å². The first kappa shape index (κ1) is 9.96. The van der Waals surface area contributed by atoms with Gasteiger partial charge in [0.05, 0.1) is 29.6 Å². The fraction of sp³-hybridized carbons (Fsp3) is 0.500. The van der Waals surface area contributed by atoms with Gasteiger partial charge < -0.3 is 9.84 Å². The van der Waals surface area contributed by atoms with Crippen molar-refractivity contribution in [2.45, 2.75) is 23.3 Å². The lowest BCUT2D eigenvalue weighted by Gasteiger charge is -2.24. The summed E-state index contributed by atoms with van der Waals surface area (Å²) in [5.41, 5.74) is 0.860. The minimum atomic E-state index is -0.436. The maximum absolute atomic E-state index is 9.29. The Hall–Kier alpha value is -0.580. The Morgan fingerprint density at radius 3 is 2.79 bits per heavy atom. The van der Waals surface area contributed by atoms with Crippen LogP contribution in [0.15, 0.2) is 23.4 Å². The van der Waals surface area contributed by atoms with Crippen LogP contribution in [0, 0.1) is 0 Å². The Morgan fingerprint density at radius 2 is 2.36 bits per heavy atom. The summed E-state index contributed by atoms with van der Waals surface area (Å²) in [6, 6.07) is 3.87. The van der Waals surface area contributed by atoms with Gasteiger partial charge in [0.1, 0.15) is 0 Å². The van der Waals surface area contributed by atoms with Gasteiger partial charge in [-0.05, 0) is 18.6 Å². The van der Waals surface area contributed by atoms with Crippen LogP contribution in [0.1, 0.15) is 18.6 Å². The lowest BCUT2D eigenvalue weighted by molar-refractivity contribution is 0.0454. The molecule has 0 unspecified atom stereocenters. The van der Waals surface area contributed by atoms with Gasteiger partial charge in [0, 0.05) is 6.20 Å². The molecule has 1 fully saturated rings. The van der Waals surface area contributed by atoms with E-state index in [1.165, 1.54) is 0 Å². The second kappa shape index (κ2) is 4.29. The minimum absolute atomic E-state index is 0.436. The third-order valence-electron chi connectivity index (χ3n) is 2.14. The van der Waals surface area contributed by atoms with Gasteiger partial charge in [0.25, 0.3) is 0 Å². The lowest BCUT2D eigenvalue weighted by Crippen LogP contribution is -2.30. The first-order valence-corrected chi connectivity index (χ1v) is 5.52. The predicted molar refractivity (Wildman–Crippen MR) is 55.3 cm³/mol. The second-order valence-electron chi connectivity index (χ2n) is 3.38. The fourth-order valence-corrected chi connectivity index (χ4v) is 2.09. The minimum Gasteiger partial charge on any atom is -0.389 e. The summed E-state index contributed by atoms with van der Waals surface area (Å²) in [6.07, 6.45) is 1.29. The molecule has 3 nitrogen and oxygen atoms in total. The Morgan fingerprint density at radius 1 is 1.57 bits per heavy atom. The third-order valence-corrected chi connectivity index (χ3v) is 3.23. The van der Waals surface area contributed by atoms with Gasteiger partial charge in [-0.25, -0.2) is 4.98 Å². The SMILES string of the molecule is C[C@H](O)c1ccc(SC2COC2)nc1. The molecule has 1 aliphatic heterocycles. The number of aliphatic hydroxyl groups is 1. The molecule has 0 spiro atoms. The molecule has 1 atom stereocenters. The summed E-state index contributed by atoms with van der Waals surface area (Å²) < 4.78 is 5.08. The number of nitrogens with zero attached hydrogens (tertiary/aromatic N) is 1. The van der Waals surface area contributed by atoms with Crippen LogP contribution < -0.4 is 0 Å².